The van der Waals surface area contributed by atoms with Gasteiger partial charge in [-0.05, 0) is 37.3 Å². The number of nitrogens with zero attached hydrogens (tertiary/aromatic N) is 1. The fourth-order valence-corrected chi connectivity index (χ4v) is 2.52. The van der Waals surface area contributed by atoms with Crippen molar-refractivity contribution in [1.82, 2.24) is 4.98 Å². The third kappa shape index (κ3) is 6.13. The fourth-order valence-electron chi connectivity index (χ4n) is 1.74. The van der Waals surface area contributed by atoms with Gasteiger partial charge in [0.05, 0.1) is 0 Å². The SMILES string of the molecule is C/C(=C\c1nc(C(=O)Oc2ccc(C(=N)N)cc2)cs1)C(=O)OOC(=O)C(F)(F)F. The molecular weight excluding hydrogens is 431 g/mol. The summed E-state index contributed by atoms with van der Waals surface area (Å²) in [5.41, 5.74) is 5.44. The molecule has 1 heterocycles. The molecule has 0 bridgehead atoms. The van der Waals surface area contributed by atoms with Gasteiger partial charge >= 0.3 is 24.1 Å². The summed E-state index contributed by atoms with van der Waals surface area (Å²) in [5.74, 6) is -4.80. The standard InChI is InChI=1S/C17H12F3N3O6S/c1-8(14(24)28-29-16(26)17(18,19)20)6-12-23-11(7-30-12)15(25)27-10-4-2-9(3-5-10)13(21)22/h2-7H,1H3,(H3,21,22)/b8-6+. The predicted octanol–water partition coefficient (Wildman–Crippen LogP) is 2.61. The molecule has 0 unspecified atom stereocenters. The molecule has 1 aromatic carbocycles. The van der Waals surface area contributed by atoms with E-state index in [9.17, 15) is 27.6 Å². The van der Waals surface area contributed by atoms with Crippen molar-refractivity contribution in [3.8, 4) is 5.75 Å². The highest BCUT2D eigenvalue weighted by molar-refractivity contribution is 7.10. The lowest BCUT2D eigenvalue weighted by Crippen LogP contribution is -2.26. The van der Waals surface area contributed by atoms with Crippen LogP contribution in [0.2, 0.25) is 0 Å². The Balaban J connectivity index is 1.99. The number of carbonyl (C=O) groups excluding carboxylic acids is 3. The first-order chi connectivity index (χ1) is 14.0. The summed E-state index contributed by atoms with van der Waals surface area (Å²) in [6.07, 6.45) is -4.19. The van der Waals surface area contributed by atoms with Gasteiger partial charge in [0.1, 0.15) is 16.6 Å². The van der Waals surface area contributed by atoms with Crippen molar-refractivity contribution in [2.24, 2.45) is 5.73 Å². The Labute approximate surface area is 170 Å². The number of aromatic nitrogens is 1. The van der Waals surface area contributed by atoms with Crippen LogP contribution in [0.15, 0.2) is 35.2 Å². The van der Waals surface area contributed by atoms with Gasteiger partial charge < -0.3 is 10.5 Å². The number of nitrogen functional groups attached to an aromatic ring is 1. The van der Waals surface area contributed by atoms with Crippen LogP contribution in [0, 0.1) is 5.41 Å². The van der Waals surface area contributed by atoms with Crippen LogP contribution in [-0.4, -0.2) is 34.9 Å². The van der Waals surface area contributed by atoms with E-state index in [4.69, 9.17) is 15.9 Å². The number of nitrogens with one attached hydrogen (secondary N) is 1. The van der Waals surface area contributed by atoms with Crippen LogP contribution in [-0.2, 0) is 19.4 Å². The Morgan fingerprint density at radius 1 is 1.17 bits per heavy atom. The molecule has 0 amide bonds. The zero-order chi connectivity index (χ0) is 22.5. The maximum absolute atomic E-state index is 12.1. The summed E-state index contributed by atoms with van der Waals surface area (Å²) < 4.78 is 41.1. The second-order valence-corrected chi connectivity index (χ2v) is 6.35. The van der Waals surface area contributed by atoms with Crippen molar-refractivity contribution in [3.05, 3.63) is 51.5 Å². The zero-order valence-electron chi connectivity index (χ0n) is 15.0. The molecule has 158 valence electrons. The maximum atomic E-state index is 12.1. The number of thiazole rings is 1. The average molecular weight is 443 g/mol. The summed E-state index contributed by atoms with van der Waals surface area (Å²) in [6.45, 7) is 1.18. The van der Waals surface area contributed by atoms with E-state index in [1.165, 1.54) is 36.6 Å². The van der Waals surface area contributed by atoms with Crippen molar-refractivity contribution in [1.29, 1.82) is 5.41 Å². The first-order valence-electron chi connectivity index (χ1n) is 7.78. The average Bonchev–Trinajstić information content (AvgIpc) is 3.14. The summed E-state index contributed by atoms with van der Waals surface area (Å²) in [4.78, 5) is 45.3. The smallest absolute Gasteiger partial charge is 0.422 e. The molecule has 13 heteroatoms. The molecule has 0 radical (unpaired) electrons. The molecule has 2 rings (SSSR count). The molecule has 9 nitrogen and oxygen atoms in total. The number of ether oxygens (including phenoxy) is 1. The lowest BCUT2D eigenvalue weighted by atomic mass is 10.2. The van der Waals surface area contributed by atoms with E-state index in [2.05, 4.69) is 14.8 Å². The minimum Gasteiger partial charge on any atom is -0.422 e. The Kier molecular flexibility index (Phi) is 6.89. The molecule has 1 aromatic heterocycles. The number of benzene rings is 1. The normalized spacial score (nSPS) is 11.5. The molecule has 2 aromatic rings. The third-order valence-electron chi connectivity index (χ3n) is 3.19. The minimum atomic E-state index is -5.31. The number of hydrogen-bond donors (Lipinski definition) is 2. The Bertz CT molecular complexity index is 1010. The predicted molar refractivity (Wildman–Crippen MR) is 96.4 cm³/mol. The molecule has 0 aliphatic rings. The van der Waals surface area contributed by atoms with Crippen LogP contribution in [0.4, 0.5) is 13.2 Å². The van der Waals surface area contributed by atoms with E-state index in [-0.39, 0.29) is 27.9 Å². The Hall–Kier alpha value is -3.74. The highest BCUT2D eigenvalue weighted by Gasteiger charge is 2.43. The molecule has 0 spiro atoms. The lowest BCUT2D eigenvalue weighted by molar-refractivity contribution is -0.283. The van der Waals surface area contributed by atoms with Gasteiger partial charge in [-0.15, -0.1) is 11.3 Å². The number of nitrogens with two attached hydrogens (primary N) is 1. The Morgan fingerprint density at radius 3 is 2.37 bits per heavy atom. The van der Waals surface area contributed by atoms with E-state index in [1.54, 1.807) is 0 Å². The van der Waals surface area contributed by atoms with Gasteiger partial charge in [-0.3, -0.25) is 5.41 Å². The number of rotatable bonds is 5. The number of alkyl halides is 3. The molecule has 30 heavy (non-hydrogen) atoms. The van der Waals surface area contributed by atoms with Crippen LogP contribution in [0.1, 0.15) is 28.0 Å². The van der Waals surface area contributed by atoms with Gasteiger partial charge in [-0.1, -0.05) is 0 Å². The number of hydrogen-bond acceptors (Lipinski definition) is 9. The summed E-state index contributed by atoms with van der Waals surface area (Å²) in [6, 6.07) is 5.84. The molecule has 0 atom stereocenters. The summed E-state index contributed by atoms with van der Waals surface area (Å²) in [7, 11) is 0. The van der Waals surface area contributed by atoms with Gasteiger partial charge in [0.2, 0.25) is 0 Å². The van der Waals surface area contributed by atoms with Gasteiger partial charge in [-0.2, -0.15) is 13.2 Å². The second kappa shape index (κ2) is 9.17. The van der Waals surface area contributed by atoms with Crippen LogP contribution < -0.4 is 10.5 Å². The number of esters is 1. The Morgan fingerprint density at radius 2 is 1.80 bits per heavy atom. The molecule has 0 saturated heterocycles. The van der Waals surface area contributed by atoms with E-state index >= 15 is 0 Å². The topological polar surface area (TPSA) is 142 Å². The highest BCUT2D eigenvalue weighted by atomic mass is 32.1. The van der Waals surface area contributed by atoms with Crippen molar-refractivity contribution in [3.63, 3.8) is 0 Å². The lowest BCUT2D eigenvalue weighted by Gasteiger charge is -2.05. The number of amidine groups is 1. The summed E-state index contributed by atoms with van der Waals surface area (Å²) in [5, 5.41) is 8.77. The van der Waals surface area contributed by atoms with Gasteiger partial charge in [-0.25, -0.2) is 29.1 Å². The van der Waals surface area contributed by atoms with Crippen molar-refractivity contribution in [2.45, 2.75) is 13.1 Å². The highest BCUT2D eigenvalue weighted by Crippen LogP contribution is 2.19. The van der Waals surface area contributed by atoms with Gasteiger partial charge in [0.25, 0.3) is 0 Å². The van der Waals surface area contributed by atoms with E-state index < -0.39 is 24.1 Å². The number of carbonyl (C=O) groups is 3. The molecule has 3 N–H and O–H groups in total. The number of halogens is 3. The van der Waals surface area contributed by atoms with Gasteiger partial charge in [0.15, 0.2) is 5.69 Å². The van der Waals surface area contributed by atoms with E-state index in [1.807, 2.05) is 0 Å². The van der Waals surface area contributed by atoms with Crippen molar-refractivity contribution >= 4 is 41.2 Å². The van der Waals surface area contributed by atoms with Crippen LogP contribution in [0.3, 0.4) is 0 Å². The molecular formula is C17H12F3N3O6S. The second-order valence-electron chi connectivity index (χ2n) is 5.47. The minimum absolute atomic E-state index is 0.0911. The van der Waals surface area contributed by atoms with E-state index in [0.717, 1.165) is 17.4 Å². The monoisotopic (exact) mass is 443 g/mol. The maximum Gasteiger partial charge on any atom is 0.495 e. The fraction of sp³-hybridized carbons (Fsp3) is 0.118. The first kappa shape index (κ1) is 22.5. The first-order valence-corrected chi connectivity index (χ1v) is 8.66. The molecule has 0 saturated carbocycles. The van der Waals surface area contributed by atoms with Gasteiger partial charge in [0, 0.05) is 16.5 Å². The van der Waals surface area contributed by atoms with Crippen LogP contribution >= 0.6 is 11.3 Å². The largest absolute Gasteiger partial charge is 0.495 e. The molecule has 0 fully saturated rings. The van der Waals surface area contributed by atoms with Crippen LogP contribution in [0.5, 0.6) is 5.75 Å². The van der Waals surface area contributed by atoms with Crippen molar-refractivity contribution < 1.29 is 42.1 Å². The van der Waals surface area contributed by atoms with Crippen molar-refractivity contribution in [2.75, 3.05) is 0 Å². The van der Waals surface area contributed by atoms with Crippen LogP contribution in [0.25, 0.3) is 6.08 Å². The molecule has 0 aliphatic heterocycles. The van der Waals surface area contributed by atoms with E-state index in [0.29, 0.717) is 5.56 Å². The summed E-state index contributed by atoms with van der Waals surface area (Å²) >= 11 is 0.941. The molecule has 0 aliphatic carbocycles. The quantitative estimate of drug-likeness (QED) is 0.137. The zero-order valence-corrected chi connectivity index (χ0v) is 15.8. The third-order valence-corrected chi connectivity index (χ3v) is 3.99.